The largest absolute Gasteiger partial charge is 0.489 e. The quantitative estimate of drug-likeness (QED) is 0.175. The average Bonchev–Trinajstić information content (AvgIpc) is 2.93. The van der Waals surface area contributed by atoms with Crippen LogP contribution in [0.3, 0.4) is 0 Å². The van der Waals surface area contributed by atoms with Gasteiger partial charge < -0.3 is 14.2 Å². The number of hydrogen-bond acceptors (Lipinski definition) is 4. The Morgan fingerprint density at radius 3 is 1.82 bits per heavy atom. The normalized spacial score (nSPS) is 11.4. The van der Waals surface area contributed by atoms with Crippen molar-refractivity contribution < 1.29 is 14.2 Å². The molecule has 0 spiro atoms. The fourth-order valence-electron chi connectivity index (χ4n) is 4.08. The summed E-state index contributed by atoms with van der Waals surface area (Å²) in [5.41, 5.74) is 5.29. The van der Waals surface area contributed by atoms with Crippen LogP contribution < -0.4 is 14.2 Å². The fourth-order valence-corrected chi connectivity index (χ4v) is 4.08. The number of aromatic nitrogens is 1. The van der Waals surface area contributed by atoms with E-state index in [4.69, 9.17) is 14.2 Å². The number of rotatable bonds is 12. The lowest BCUT2D eigenvalue weighted by Crippen LogP contribution is -2.10. The van der Waals surface area contributed by atoms with Gasteiger partial charge in [-0.3, -0.25) is 4.98 Å². The van der Waals surface area contributed by atoms with E-state index in [1.165, 1.54) is 0 Å². The van der Waals surface area contributed by atoms with E-state index in [1.54, 1.807) is 6.20 Å². The van der Waals surface area contributed by atoms with Crippen molar-refractivity contribution in [2.75, 3.05) is 6.61 Å². The zero-order valence-electron chi connectivity index (χ0n) is 23.1. The third-order valence-electron chi connectivity index (χ3n) is 5.83. The molecule has 0 N–H and O–H groups in total. The van der Waals surface area contributed by atoms with Crippen LogP contribution in [0.4, 0.5) is 0 Å². The minimum Gasteiger partial charge on any atom is -0.489 e. The summed E-state index contributed by atoms with van der Waals surface area (Å²) in [6.07, 6.45) is 6.66. The summed E-state index contributed by atoms with van der Waals surface area (Å²) < 4.78 is 18.1. The molecule has 0 unspecified atom stereocenters. The Labute approximate surface area is 232 Å². The maximum Gasteiger partial charge on any atom is 0.138 e. The van der Waals surface area contributed by atoms with E-state index in [9.17, 15) is 0 Å². The zero-order valence-corrected chi connectivity index (χ0v) is 23.1. The molecule has 0 saturated heterocycles. The van der Waals surface area contributed by atoms with Crippen LogP contribution in [0.5, 0.6) is 17.2 Å². The molecule has 1 heterocycles. The maximum absolute atomic E-state index is 6.12. The van der Waals surface area contributed by atoms with Gasteiger partial charge in [-0.05, 0) is 64.4 Å². The summed E-state index contributed by atoms with van der Waals surface area (Å²) in [6.45, 7) is 12.2. The van der Waals surface area contributed by atoms with Gasteiger partial charge in [-0.25, -0.2) is 0 Å². The van der Waals surface area contributed by atoms with E-state index in [1.807, 2.05) is 78.9 Å². The summed E-state index contributed by atoms with van der Waals surface area (Å²) in [5, 5.41) is 0. The molecule has 4 aromatic rings. The third kappa shape index (κ3) is 9.82. The predicted molar refractivity (Wildman–Crippen MR) is 160 cm³/mol. The molecular formula is C35H37NO3. The van der Waals surface area contributed by atoms with Gasteiger partial charge in [0.1, 0.15) is 37.1 Å². The summed E-state index contributed by atoms with van der Waals surface area (Å²) in [5.74, 6) is 2.22. The number of nitrogens with zero attached hydrogens (tertiary/aromatic N) is 1. The van der Waals surface area contributed by atoms with E-state index in [0.717, 1.165) is 51.6 Å². The van der Waals surface area contributed by atoms with E-state index in [2.05, 4.69) is 56.6 Å². The highest BCUT2D eigenvalue weighted by molar-refractivity contribution is 5.69. The van der Waals surface area contributed by atoms with Crippen LogP contribution in [0, 0.1) is 5.41 Å². The minimum absolute atomic E-state index is 0.198. The first-order valence-electron chi connectivity index (χ1n) is 13.2. The maximum atomic E-state index is 6.12. The van der Waals surface area contributed by atoms with Crippen LogP contribution in [0.25, 0.3) is 12.2 Å². The standard InChI is InChI=1S/C35H37NO3/c1-27(22-35(2,3)4)24-37-32-18-17-31(36-23-32)16-15-30-19-33(38-25-28-11-7-5-8-12-28)21-34(20-30)39-26-29-13-9-6-10-14-29/h5-21,23H,1,22,24-26H2,2-4H3/b16-15+. The van der Waals surface area contributed by atoms with Crippen molar-refractivity contribution in [1.82, 2.24) is 4.98 Å². The SMILES string of the molecule is C=C(COc1ccc(/C=C/c2cc(OCc3ccccc3)cc(OCc3ccccc3)c2)nc1)CC(C)(C)C. The van der Waals surface area contributed by atoms with Crippen LogP contribution in [0.15, 0.2) is 109 Å². The molecule has 4 nitrogen and oxygen atoms in total. The van der Waals surface area contributed by atoms with E-state index in [0.29, 0.717) is 19.8 Å². The van der Waals surface area contributed by atoms with Gasteiger partial charge in [0.05, 0.1) is 11.9 Å². The van der Waals surface area contributed by atoms with Crippen molar-refractivity contribution >= 4 is 12.2 Å². The Hall–Kier alpha value is -4.31. The van der Waals surface area contributed by atoms with Crippen LogP contribution in [-0.2, 0) is 13.2 Å². The first kappa shape index (κ1) is 27.7. The van der Waals surface area contributed by atoms with Gasteiger partial charge in [0.15, 0.2) is 0 Å². The number of pyridine rings is 1. The summed E-state index contributed by atoms with van der Waals surface area (Å²) in [4.78, 5) is 4.54. The molecule has 39 heavy (non-hydrogen) atoms. The number of ether oxygens (including phenoxy) is 3. The van der Waals surface area contributed by atoms with Crippen molar-refractivity contribution in [3.05, 3.63) is 132 Å². The second-order valence-electron chi connectivity index (χ2n) is 10.8. The molecule has 0 saturated carbocycles. The van der Waals surface area contributed by atoms with Gasteiger partial charge in [0, 0.05) is 6.07 Å². The van der Waals surface area contributed by atoms with E-state index >= 15 is 0 Å². The molecule has 4 rings (SSSR count). The van der Waals surface area contributed by atoms with Crippen molar-refractivity contribution in [2.24, 2.45) is 5.41 Å². The molecular weight excluding hydrogens is 482 g/mol. The van der Waals surface area contributed by atoms with Crippen molar-refractivity contribution in [2.45, 2.75) is 40.4 Å². The monoisotopic (exact) mass is 519 g/mol. The Bertz CT molecular complexity index is 1290. The molecule has 0 aliphatic rings. The van der Waals surface area contributed by atoms with E-state index in [-0.39, 0.29) is 5.41 Å². The molecule has 0 atom stereocenters. The topological polar surface area (TPSA) is 40.6 Å². The molecule has 0 radical (unpaired) electrons. The Kier molecular flexibility index (Phi) is 9.58. The van der Waals surface area contributed by atoms with Crippen LogP contribution in [-0.4, -0.2) is 11.6 Å². The lowest BCUT2D eigenvalue weighted by molar-refractivity contribution is 0.290. The Morgan fingerprint density at radius 2 is 1.31 bits per heavy atom. The van der Waals surface area contributed by atoms with Crippen LogP contribution in [0.2, 0.25) is 0 Å². The predicted octanol–water partition coefficient (Wildman–Crippen LogP) is 8.78. The van der Waals surface area contributed by atoms with Gasteiger partial charge in [-0.1, -0.05) is 94.1 Å². The fraction of sp³-hybridized carbons (Fsp3) is 0.229. The summed E-state index contributed by atoms with van der Waals surface area (Å²) in [7, 11) is 0. The second-order valence-corrected chi connectivity index (χ2v) is 10.8. The van der Waals surface area contributed by atoms with E-state index < -0.39 is 0 Å². The molecule has 0 aliphatic carbocycles. The molecule has 0 bridgehead atoms. The van der Waals surface area contributed by atoms with Gasteiger partial charge in [-0.15, -0.1) is 0 Å². The highest BCUT2D eigenvalue weighted by Crippen LogP contribution is 2.27. The smallest absolute Gasteiger partial charge is 0.138 e. The van der Waals surface area contributed by atoms with Gasteiger partial charge in [0.25, 0.3) is 0 Å². The van der Waals surface area contributed by atoms with Crippen molar-refractivity contribution in [3.63, 3.8) is 0 Å². The third-order valence-corrected chi connectivity index (χ3v) is 5.83. The van der Waals surface area contributed by atoms with Gasteiger partial charge in [-0.2, -0.15) is 0 Å². The summed E-state index contributed by atoms with van der Waals surface area (Å²) in [6, 6.07) is 30.1. The molecule has 1 aromatic heterocycles. The average molecular weight is 520 g/mol. The number of hydrogen-bond donors (Lipinski definition) is 0. The summed E-state index contributed by atoms with van der Waals surface area (Å²) >= 11 is 0. The molecule has 3 aromatic carbocycles. The molecule has 0 fully saturated rings. The first-order valence-corrected chi connectivity index (χ1v) is 13.2. The second kappa shape index (κ2) is 13.5. The van der Waals surface area contributed by atoms with Gasteiger partial charge in [0.2, 0.25) is 0 Å². The molecule has 4 heteroatoms. The van der Waals surface area contributed by atoms with Crippen molar-refractivity contribution in [3.8, 4) is 17.2 Å². The molecule has 0 aliphatic heterocycles. The highest BCUT2D eigenvalue weighted by atomic mass is 16.5. The lowest BCUT2D eigenvalue weighted by Gasteiger charge is -2.19. The van der Waals surface area contributed by atoms with Crippen LogP contribution in [0.1, 0.15) is 49.6 Å². The van der Waals surface area contributed by atoms with Crippen LogP contribution >= 0.6 is 0 Å². The Morgan fingerprint density at radius 1 is 0.718 bits per heavy atom. The highest BCUT2D eigenvalue weighted by Gasteiger charge is 2.12. The lowest BCUT2D eigenvalue weighted by atomic mass is 9.89. The van der Waals surface area contributed by atoms with Crippen molar-refractivity contribution in [1.29, 1.82) is 0 Å². The number of benzene rings is 3. The Balaban J connectivity index is 1.43. The molecule has 200 valence electrons. The van der Waals surface area contributed by atoms with Gasteiger partial charge >= 0.3 is 0 Å². The minimum atomic E-state index is 0.198. The first-order chi connectivity index (χ1) is 18.8. The zero-order chi connectivity index (χ0) is 27.5. The molecule has 0 amide bonds.